The second kappa shape index (κ2) is 10.2. The molecule has 0 amide bonds. The first-order valence-corrected chi connectivity index (χ1v) is 12.1. The zero-order valence-corrected chi connectivity index (χ0v) is 22.5. The number of rotatable bonds is 2. The van der Waals surface area contributed by atoms with Crippen LogP contribution in [0, 0.1) is 12.1 Å². The Morgan fingerprint density at radius 2 is 1.50 bits per heavy atom. The van der Waals surface area contributed by atoms with Crippen molar-refractivity contribution in [3.8, 4) is 28.2 Å². The molecule has 185 valence electrons. The fraction of sp³-hybridized carbons (Fsp3) is 0.0312. The van der Waals surface area contributed by atoms with E-state index in [1.54, 1.807) is 12.4 Å². The Kier molecular flexibility index (Phi) is 6.42. The van der Waals surface area contributed by atoms with Gasteiger partial charge < -0.3 is 14.4 Å². The van der Waals surface area contributed by atoms with Crippen LogP contribution in [0.15, 0.2) is 114 Å². The summed E-state index contributed by atoms with van der Waals surface area (Å²) in [5.74, 6) is 1.03. The van der Waals surface area contributed by atoms with E-state index in [1.807, 2.05) is 72.8 Å². The molecule has 1 aliphatic rings. The minimum atomic E-state index is 0. The molecule has 0 aliphatic carbocycles. The maximum absolute atomic E-state index is 6.31. The number of para-hydroxylation sites is 1. The van der Waals surface area contributed by atoms with Crippen molar-refractivity contribution >= 4 is 22.2 Å². The third kappa shape index (κ3) is 4.14. The van der Waals surface area contributed by atoms with Gasteiger partial charge in [-0.05, 0) is 40.5 Å². The Morgan fingerprint density at radius 1 is 0.737 bits per heavy atom. The number of furan rings is 1. The number of hydrogen-bond acceptors (Lipinski definition) is 4. The molecular formula is C32H20IrN4O-2. The number of fused-ring (bicyclic) bond motifs is 7. The summed E-state index contributed by atoms with van der Waals surface area (Å²) in [5.41, 5.74) is 8.67. The molecule has 0 spiro atoms. The minimum Gasteiger partial charge on any atom is -0.486 e. The van der Waals surface area contributed by atoms with Crippen LogP contribution in [0.3, 0.4) is 0 Å². The Labute approximate surface area is 233 Å². The number of pyridine rings is 2. The Hall–Kier alpha value is -4.38. The van der Waals surface area contributed by atoms with Crippen molar-refractivity contribution in [1.29, 1.82) is 0 Å². The largest absolute Gasteiger partial charge is 0.486 e. The molecule has 0 N–H and O–H groups in total. The van der Waals surface area contributed by atoms with Gasteiger partial charge in [0.05, 0.1) is 11.3 Å². The van der Waals surface area contributed by atoms with Crippen molar-refractivity contribution < 1.29 is 24.5 Å². The van der Waals surface area contributed by atoms with E-state index < -0.39 is 0 Å². The average molecular weight is 669 g/mol. The fourth-order valence-electron chi connectivity index (χ4n) is 4.78. The van der Waals surface area contributed by atoms with Gasteiger partial charge in [0.25, 0.3) is 0 Å². The van der Waals surface area contributed by atoms with Gasteiger partial charge in [-0.15, -0.1) is 54.1 Å². The van der Waals surface area contributed by atoms with E-state index in [-0.39, 0.29) is 20.1 Å². The first-order valence-electron chi connectivity index (χ1n) is 12.1. The van der Waals surface area contributed by atoms with E-state index in [0.29, 0.717) is 0 Å². The van der Waals surface area contributed by atoms with Crippen LogP contribution in [0.5, 0.6) is 0 Å². The summed E-state index contributed by atoms with van der Waals surface area (Å²) in [6.07, 6.45) is 4.41. The molecule has 7 aromatic rings. The molecular weight excluding hydrogens is 649 g/mol. The van der Waals surface area contributed by atoms with Crippen LogP contribution >= 0.6 is 0 Å². The van der Waals surface area contributed by atoms with Gasteiger partial charge in [0.15, 0.2) is 0 Å². The Balaban J connectivity index is 0.000000172. The quantitative estimate of drug-likeness (QED) is 0.185. The van der Waals surface area contributed by atoms with Crippen molar-refractivity contribution in [2.24, 2.45) is 0 Å². The molecule has 1 radical (unpaired) electrons. The van der Waals surface area contributed by atoms with E-state index >= 15 is 0 Å². The maximum atomic E-state index is 6.31. The molecule has 0 saturated heterocycles. The van der Waals surface area contributed by atoms with Crippen molar-refractivity contribution in [3.05, 3.63) is 133 Å². The number of nitrogens with zero attached hydrogens (tertiary/aromatic N) is 4. The molecule has 38 heavy (non-hydrogen) atoms. The van der Waals surface area contributed by atoms with Crippen LogP contribution in [0.2, 0.25) is 0 Å². The van der Waals surface area contributed by atoms with Crippen LogP contribution in [0.4, 0.5) is 0 Å². The molecule has 1 aliphatic heterocycles. The zero-order valence-electron chi connectivity index (χ0n) is 20.1. The SMILES string of the molecule is [Ir].[c-]1ccc2c(oc3c2nc2n3-c3ccccc3C2)c1-c1ccccn1.[c-]1ccccc1-c1ccccn1. The smallest absolute Gasteiger partial charge is 0.221 e. The summed E-state index contributed by atoms with van der Waals surface area (Å²) < 4.78 is 8.44. The van der Waals surface area contributed by atoms with Crippen LogP contribution < -0.4 is 0 Å². The van der Waals surface area contributed by atoms with Gasteiger partial charge in [-0.1, -0.05) is 48.0 Å². The molecule has 0 saturated carbocycles. The molecule has 5 nitrogen and oxygen atoms in total. The van der Waals surface area contributed by atoms with Crippen LogP contribution in [-0.4, -0.2) is 19.5 Å². The van der Waals surface area contributed by atoms with Gasteiger partial charge in [-0.25, -0.2) is 4.98 Å². The summed E-state index contributed by atoms with van der Waals surface area (Å²) in [7, 11) is 0. The second-order valence-corrected chi connectivity index (χ2v) is 8.73. The van der Waals surface area contributed by atoms with Gasteiger partial charge >= 0.3 is 0 Å². The molecule has 0 atom stereocenters. The number of hydrogen-bond donors (Lipinski definition) is 0. The summed E-state index contributed by atoms with van der Waals surface area (Å²) in [5, 5.41) is 1.01. The van der Waals surface area contributed by atoms with Gasteiger partial charge in [0.1, 0.15) is 11.3 Å². The summed E-state index contributed by atoms with van der Waals surface area (Å²) in [6.45, 7) is 0. The van der Waals surface area contributed by atoms with Crippen LogP contribution in [-0.2, 0) is 26.5 Å². The molecule has 6 heteroatoms. The molecule has 4 aromatic heterocycles. The van der Waals surface area contributed by atoms with Gasteiger partial charge in [0.2, 0.25) is 5.71 Å². The molecule has 8 rings (SSSR count). The van der Waals surface area contributed by atoms with E-state index in [0.717, 1.165) is 62.6 Å². The van der Waals surface area contributed by atoms with Crippen molar-refractivity contribution in [3.63, 3.8) is 0 Å². The predicted octanol–water partition coefficient (Wildman–Crippen LogP) is 7.08. The number of imidazole rings is 1. The molecule has 0 unspecified atom stereocenters. The van der Waals surface area contributed by atoms with E-state index in [9.17, 15) is 0 Å². The van der Waals surface area contributed by atoms with Gasteiger partial charge in [-0.2, -0.15) is 0 Å². The third-order valence-electron chi connectivity index (χ3n) is 6.46. The minimum absolute atomic E-state index is 0. The standard InChI is InChI=1S/C21H12N3O.C11H8N.Ir/c1-2-10-17-13(6-1)12-18-23-19-15-8-5-7-14(16-9-3-4-11-22-16)20(15)25-21(19)24(17)18;1-2-6-10(7-3-1)11-8-4-5-9-12-11;/h1-6,8-11H,12H2;1-6,8-9H;/q2*-1;. The zero-order chi connectivity index (χ0) is 24.6. The number of aromatic nitrogens is 4. The number of benzene rings is 3. The normalized spacial score (nSPS) is 11.4. The Morgan fingerprint density at radius 3 is 2.26 bits per heavy atom. The van der Waals surface area contributed by atoms with Crippen LogP contribution in [0.25, 0.3) is 50.4 Å². The topological polar surface area (TPSA) is 56.7 Å². The van der Waals surface area contributed by atoms with Crippen molar-refractivity contribution in [2.45, 2.75) is 6.42 Å². The van der Waals surface area contributed by atoms with Crippen LogP contribution in [0.1, 0.15) is 11.4 Å². The molecule has 0 fully saturated rings. The fourth-order valence-corrected chi connectivity index (χ4v) is 4.78. The summed E-state index contributed by atoms with van der Waals surface area (Å²) >= 11 is 0. The summed E-state index contributed by atoms with van der Waals surface area (Å²) in [6, 6.07) is 38.2. The monoisotopic (exact) mass is 669 g/mol. The maximum Gasteiger partial charge on any atom is 0.221 e. The van der Waals surface area contributed by atoms with Crippen molar-refractivity contribution in [2.75, 3.05) is 0 Å². The third-order valence-corrected chi connectivity index (χ3v) is 6.46. The Bertz CT molecular complexity index is 1810. The van der Waals surface area contributed by atoms with Crippen molar-refractivity contribution in [1.82, 2.24) is 19.5 Å². The predicted molar refractivity (Wildman–Crippen MR) is 144 cm³/mol. The first kappa shape index (κ1) is 24.0. The van der Waals surface area contributed by atoms with E-state index in [1.165, 1.54) is 5.56 Å². The molecule has 5 heterocycles. The summed E-state index contributed by atoms with van der Waals surface area (Å²) in [4.78, 5) is 13.5. The van der Waals surface area contributed by atoms with Gasteiger partial charge in [0, 0.05) is 38.9 Å². The second-order valence-electron chi connectivity index (χ2n) is 8.73. The first-order chi connectivity index (χ1) is 18.4. The van der Waals surface area contributed by atoms with E-state index in [4.69, 9.17) is 9.40 Å². The molecule has 0 bridgehead atoms. The average Bonchev–Trinajstić information content (AvgIpc) is 3.63. The van der Waals surface area contributed by atoms with E-state index in [2.05, 4.69) is 50.9 Å². The van der Waals surface area contributed by atoms with Gasteiger partial charge in [-0.3, -0.25) is 4.57 Å². The molecule has 3 aromatic carbocycles.